The van der Waals surface area contributed by atoms with Crippen molar-refractivity contribution in [2.75, 3.05) is 19.7 Å². The van der Waals surface area contributed by atoms with Gasteiger partial charge in [-0.2, -0.15) is 0 Å². The van der Waals surface area contributed by atoms with Gasteiger partial charge in [-0.15, -0.1) is 0 Å². The molecule has 0 spiro atoms. The number of hydrogen-bond donors (Lipinski definition) is 3. The predicted octanol–water partition coefficient (Wildman–Crippen LogP) is 5.68. The molecular formula is C30H56N2O6. The van der Waals surface area contributed by atoms with Crippen LogP contribution in [0, 0.1) is 23.2 Å². The summed E-state index contributed by atoms with van der Waals surface area (Å²) >= 11 is 0. The van der Waals surface area contributed by atoms with Gasteiger partial charge < -0.3 is 25.2 Å². The van der Waals surface area contributed by atoms with Crippen LogP contribution in [-0.2, 0) is 23.9 Å². The topological polar surface area (TPSA) is 114 Å². The number of unbranched alkanes of at least 4 members (excludes halogenated alkanes) is 7. The first-order chi connectivity index (χ1) is 17.8. The van der Waals surface area contributed by atoms with Gasteiger partial charge in [-0.3, -0.25) is 14.4 Å². The summed E-state index contributed by atoms with van der Waals surface area (Å²) in [7, 11) is 0. The number of hydrogen-bond acceptors (Lipinski definition) is 5. The Morgan fingerprint density at radius 3 is 2.08 bits per heavy atom. The van der Waals surface area contributed by atoms with Gasteiger partial charge in [0.05, 0.1) is 12.5 Å². The number of carboxylic acid groups (broad SMARTS) is 1. The molecule has 1 rings (SSSR count). The molecule has 2 amide bonds. The summed E-state index contributed by atoms with van der Waals surface area (Å²) < 4.78 is 11.5. The van der Waals surface area contributed by atoms with E-state index in [-0.39, 0.29) is 30.2 Å². The molecule has 3 atom stereocenters. The van der Waals surface area contributed by atoms with Crippen molar-refractivity contribution >= 4 is 17.8 Å². The molecule has 0 aliphatic carbocycles. The van der Waals surface area contributed by atoms with E-state index in [2.05, 4.69) is 31.4 Å². The van der Waals surface area contributed by atoms with E-state index < -0.39 is 29.2 Å². The van der Waals surface area contributed by atoms with Crippen molar-refractivity contribution in [2.24, 2.45) is 23.2 Å². The first-order valence-corrected chi connectivity index (χ1v) is 14.9. The van der Waals surface area contributed by atoms with Gasteiger partial charge in [0.2, 0.25) is 11.8 Å². The van der Waals surface area contributed by atoms with Gasteiger partial charge >= 0.3 is 5.97 Å². The number of amides is 2. The van der Waals surface area contributed by atoms with Crippen molar-refractivity contribution in [1.29, 1.82) is 0 Å². The van der Waals surface area contributed by atoms with Gasteiger partial charge in [0.1, 0.15) is 6.10 Å². The molecule has 38 heavy (non-hydrogen) atoms. The van der Waals surface area contributed by atoms with Crippen molar-refractivity contribution in [1.82, 2.24) is 10.6 Å². The molecule has 1 fully saturated rings. The minimum atomic E-state index is -0.959. The van der Waals surface area contributed by atoms with E-state index in [4.69, 9.17) is 9.47 Å². The smallest absolute Gasteiger partial charge is 0.308 e. The highest BCUT2D eigenvalue weighted by atomic mass is 16.7. The molecule has 1 saturated heterocycles. The Bertz CT molecular complexity index is 722. The van der Waals surface area contributed by atoms with Gasteiger partial charge in [0.15, 0.2) is 5.79 Å². The third kappa shape index (κ3) is 12.9. The molecule has 0 saturated carbocycles. The summed E-state index contributed by atoms with van der Waals surface area (Å²) in [5, 5.41) is 15.4. The zero-order valence-electron chi connectivity index (χ0n) is 25.2. The molecule has 0 bridgehead atoms. The molecule has 222 valence electrons. The van der Waals surface area contributed by atoms with E-state index in [1.807, 2.05) is 13.8 Å². The third-order valence-corrected chi connectivity index (χ3v) is 7.55. The zero-order chi connectivity index (χ0) is 28.8. The molecule has 0 aromatic carbocycles. The second kappa shape index (κ2) is 17.1. The van der Waals surface area contributed by atoms with Crippen molar-refractivity contribution in [2.45, 2.75) is 131 Å². The summed E-state index contributed by atoms with van der Waals surface area (Å²) in [5.74, 6) is -2.58. The van der Waals surface area contributed by atoms with Crippen molar-refractivity contribution < 1.29 is 29.0 Å². The zero-order valence-corrected chi connectivity index (χ0v) is 25.2. The quantitative estimate of drug-likeness (QED) is 0.182. The summed E-state index contributed by atoms with van der Waals surface area (Å²) in [6, 6.07) is 0. The minimum absolute atomic E-state index is 0.0169. The number of rotatable bonds is 19. The van der Waals surface area contributed by atoms with Crippen molar-refractivity contribution in [3.63, 3.8) is 0 Å². The maximum atomic E-state index is 12.8. The van der Waals surface area contributed by atoms with E-state index in [0.29, 0.717) is 26.0 Å². The molecule has 8 nitrogen and oxygen atoms in total. The highest BCUT2D eigenvalue weighted by Crippen LogP contribution is 2.34. The lowest BCUT2D eigenvalue weighted by atomic mass is 9.85. The molecule has 0 aromatic rings. The van der Waals surface area contributed by atoms with E-state index in [1.165, 1.54) is 44.9 Å². The van der Waals surface area contributed by atoms with Crippen LogP contribution in [0.25, 0.3) is 0 Å². The number of carboxylic acids is 1. The lowest BCUT2D eigenvalue weighted by molar-refractivity contribution is -0.304. The molecule has 1 aliphatic rings. The van der Waals surface area contributed by atoms with Crippen LogP contribution in [0.4, 0.5) is 0 Å². The molecule has 3 unspecified atom stereocenters. The molecule has 8 heteroatoms. The lowest BCUT2D eigenvalue weighted by Crippen LogP contribution is -2.57. The van der Waals surface area contributed by atoms with Gasteiger partial charge in [-0.05, 0) is 39.0 Å². The van der Waals surface area contributed by atoms with Gasteiger partial charge in [0, 0.05) is 24.4 Å². The van der Waals surface area contributed by atoms with E-state index >= 15 is 0 Å². The average Bonchev–Trinajstić information content (AvgIpc) is 2.83. The van der Waals surface area contributed by atoms with Crippen molar-refractivity contribution in [3.05, 3.63) is 0 Å². The first kappa shape index (κ1) is 34.4. The third-order valence-electron chi connectivity index (χ3n) is 7.55. The van der Waals surface area contributed by atoms with Crippen LogP contribution in [0.15, 0.2) is 0 Å². The predicted molar refractivity (Wildman–Crippen MR) is 151 cm³/mol. The van der Waals surface area contributed by atoms with Crippen LogP contribution in [0.5, 0.6) is 0 Å². The van der Waals surface area contributed by atoms with E-state index in [1.54, 1.807) is 13.8 Å². The molecule has 1 heterocycles. The van der Waals surface area contributed by atoms with E-state index in [9.17, 15) is 19.5 Å². The second-order valence-electron chi connectivity index (χ2n) is 12.5. The summed E-state index contributed by atoms with van der Waals surface area (Å²) in [6.45, 7) is 14.5. The molecule has 1 aliphatic heterocycles. The second-order valence-corrected chi connectivity index (χ2v) is 12.5. The fourth-order valence-corrected chi connectivity index (χ4v) is 4.91. The number of carbonyl (C=O) groups excluding carboxylic acids is 2. The van der Waals surface area contributed by atoms with Crippen LogP contribution in [0.2, 0.25) is 0 Å². The SMILES string of the molecule is CCCCCCCCCCC(C(=O)NCCCC(CNC(=O)C1OC(C)(C)OCC1(C)C)C(=O)O)C(C)C. The van der Waals surface area contributed by atoms with Gasteiger partial charge in [-0.25, -0.2) is 0 Å². The highest BCUT2D eigenvalue weighted by Gasteiger charge is 2.45. The number of nitrogens with one attached hydrogen (secondary N) is 2. The Kier molecular flexibility index (Phi) is 15.5. The fourth-order valence-electron chi connectivity index (χ4n) is 4.91. The maximum Gasteiger partial charge on any atom is 0.308 e. The largest absolute Gasteiger partial charge is 0.481 e. The Labute approximate surface area is 231 Å². The molecular weight excluding hydrogens is 484 g/mol. The molecule has 0 aromatic heterocycles. The maximum absolute atomic E-state index is 12.8. The highest BCUT2D eigenvalue weighted by molar-refractivity contribution is 5.82. The van der Waals surface area contributed by atoms with Gasteiger partial charge in [0.25, 0.3) is 0 Å². The molecule has 0 radical (unpaired) electrons. The minimum Gasteiger partial charge on any atom is -0.481 e. The Balaban J connectivity index is 2.40. The van der Waals surface area contributed by atoms with Crippen LogP contribution in [0.1, 0.15) is 119 Å². The Morgan fingerprint density at radius 2 is 1.50 bits per heavy atom. The average molecular weight is 541 g/mol. The molecule has 3 N–H and O–H groups in total. The monoisotopic (exact) mass is 540 g/mol. The van der Waals surface area contributed by atoms with Crippen LogP contribution >= 0.6 is 0 Å². The lowest BCUT2D eigenvalue weighted by Gasteiger charge is -2.44. The van der Waals surface area contributed by atoms with E-state index in [0.717, 1.165) is 12.8 Å². The van der Waals surface area contributed by atoms with Gasteiger partial charge in [-0.1, -0.05) is 86.0 Å². The standard InChI is InChI=1S/C30H56N2O6/c1-8-9-10-11-12-13-14-15-18-24(22(2)3)26(33)31-19-16-17-23(28(35)36)20-32-27(34)25-29(4,5)21-37-30(6,7)38-25/h22-25H,8-21H2,1-7H3,(H,31,33)(H,32,34)(H,35,36). The summed E-state index contributed by atoms with van der Waals surface area (Å²) in [6.07, 6.45) is 11.0. The number of aliphatic carboxylic acids is 1. The Morgan fingerprint density at radius 1 is 0.895 bits per heavy atom. The number of carbonyl (C=O) groups is 3. The summed E-state index contributed by atoms with van der Waals surface area (Å²) in [4.78, 5) is 37.4. The van der Waals surface area contributed by atoms with Crippen LogP contribution in [0.3, 0.4) is 0 Å². The van der Waals surface area contributed by atoms with Crippen LogP contribution in [-0.4, -0.2) is 54.5 Å². The van der Waals surface area contributed by atoms with Crippen LogP contribution < -0.4 is 10.6 Å². The number of ether oxygens (including phenoxy) is 2. The van der Waals surface area contributed by atoms with Crippen molar-refractivity contribution in [3.8, 4) is 0 Å². The normalized spacial score (nSPS) is 20.1. The summed E-state index contributed by atoms with van der Waals surface area (Å²) in [5.41, 5.74) is -0.524. The Hall–Kier alpha value is -1.67. The fraction of sp³-hybridized carbons (Fsp3) is 0.900. The first-order valence-electron chi connectivity index (χ1n) is 14.9.